The normalized spacial score (nSPS) is 14.5. The van der Waals surface area contributed by atoms with Gasteiger partial charge in [-0.2, -0.15) is 0 Å². The molecule has 1 atom stereocenters. The van der Waals surface area contributed by atoms with Crippen molar-refractivity contribution in [3.8, 4) is 5.75 Å². The molecule has 0 spiro atoms. The highest BCUT2D eigenvalue weighted by atomic mass is 32.2. The third-order valence-electron chi connectivity index (χ3n) is 4.52. The predicted molar refractivity (Wildman–Crippen MR) is 113 cm³/mol. The van der Waals surface area contributed by atoms with Crippen molar-refractivity contribution in [1.29, 1.82) is 0 Å². The smallest absolute Gasteiger partial charge is 0.237 e. The summed E-state index contributed by atoms with van der Waals surface area (Å²) < 4.78 is 5.30. The number of nitrogens with one attached hydrogen (secondary N) is 2. The second kappa shape index (κ2) is 8.06. The Bertz CT molecular complexity index is 1010. The minimum Gasteiger partial charge on any atom is -0.495 e. The van der Waals surface area contributed by atoms with Crippen molar-refractivity contribution in [1.82, 2.24) is 9.97 Å². The second-order valence-corrected chi connectivity index (χ2v) is 8.05. The van der Waals surface area contributed by atoms with Crippen molar-refractivity contribution >= 4 is 40.1 Å². The van der Waals surface area contributed by atoms with E-state index in [-0.39, 0.29) is 11.2 Å². The molecular formula is C21H22N4O2S. The Morgan fingerprint density at radius 1 is 1.14 bits per heavy atom. The summed E-state index contributed by atoms with van der Waals surface area (Å²) >= 11 is 1.35. The monoisotopic (exact) mass is 394 g/mol. The number of carbonyl (C=O) groups excluding carboxylic acids is 1. The molecule has 2 N–H and O–H groups in total. The lowest BCUT2D eigenvalue weighted by atomic mass is 10.2. The van der Waals surface area contributed by atoms with Gasteiger partial charge in [-0.05, 0) is 44.0 Å². The first-order valence-corrected chi connectivity index (χ1v) is 10.2. The second-order valence-electron chi connectivity index (χ2n) is 6.74. The number of aromatic nitrogens is 2. The summed E-state index contributed by atoms with van der Waals surface area (Å²) in [5.74, 6) is 1.35. The van der Waals surface area contributed by atoms with E-state index in [0.29, 0.717) is 22.6 Å². The lowest BCUT2D eigenvalue weighted by Crippen LogP contribution is -2.23. The van der Waals surface area contributed by atoms with E-state index < -0.39 is 0 Å². The lowest BCUT2D eigenvalue weighted by molar-refractivity contribution is -0.115. The number of thioether (sulfide) groups is 1. The topological polar surface area (TPSA) is 76.1 Å². The predicted octanol–water partition coefficient (Wildman–Crippen LogP) is 4.33. The van der Waals surface area contributed by atoms with Crippen LogP contribution >= 0.6 is 11.8 Å². The molecule has 0 unspecified atom stereocenters. The maximum atomic E-state index is 12.7. The standard InChI is InChI=1S/C21H22N4O2S/c1-13(20(26)23-17-9-5-6-10-18(17)27-2)28-21-24-16-8-4-3-7-15(16)19(25-21)22-14-11-12-14/h3-10,13-14H,11-12H2,1-2H3,(H,23,26)(H,22,24,25)/t13-/m1/s1. The first-order valence-electron chi connectivity index (χ1n) is 9.28. The van der Waals surface area contributed by atoms with Gasteiger partial charge in [0.2, 0.25) is 5.91 Å². The van der Waals surface area contributed by atoms with Gasteiger partial charge in [0.05, 0.1) is 23.6 Å². The molecule has 1 aromatic heterocycles. The summed E-state index contributed by atoms with van der Waals surface area (Å²) in [4.78, 5) is 22.0. The molecule has 0 saturated heterocycles. The Kier molecular flexibility index (Phi) is 5.34. The van der Waals surface area contributed by atoms with Gasteiger partial charge < -0.3 is 15.4 Å². The first kappa shape index (κ1) is 18.6. The SMILES string of the molecule is COc1ccccc1NC(=O)[C@@H](C)Sc1nc(NC2CC2)c2ccccc2n1. The van der Waals surface area contributed by atoms with Gasteiger partial charge in [0.1, 0.15) is 11.6 Å². The molecule has 2 aromatic carbocycles. The molecule has 6 nitrogen and oxygen atoms in total. The van der Waals surface area contributed by atoms with Gasteiger partial charge in [0, 0.05) is 11.4 Å². The van der Waals surface area contributed by atoms with E-state index in [4.69, 9.17) is 4.74 Å². The van der Waals surface area contributed by atoms with Crippen molar-refractivity contribution in [3.63, 3.8) is 0 Å². The lowest BCUT2D eigenvalue weighted by Gasteiger charge is -2.14. The summed E-state index contributed by atoms with van der Waals surface area (Å²) in [6.07, 6.45) is 2.33. The fraction of sp³-hybridized carbons (Fsp3) is 0.286. The van der Waals surface area contributed by atoms with Crippen LogP contribution < -0.4 is 15.4 Å². The Balaban J connectivity index is 1.52. The van der Waals surface area contributed by atoms with E-state index in [1.165, 1.54) is 24.6 Å². The average Bonchev–Trinajstić information content (AvgIpc) is 3.52. The van der Waals surface area contributed by atoms with Crippen molar-refractivity contribution in [2.45, 2.75) is 36.2 Å². The molecule has 1 fully saturated rings. The molecule has 1 saturated carbocycles. The molecule has 7 heteroatoms. The van der Waals surface area contributed by atoms with Crippen LogP contribution in [0.25, 0.3) is 10.9 Å². The zero-order chi connectivity index (χ0) is 19.5. The summed E-state index contributed by atoms with van der Waals surface area (Å²) in [5, 5.41) is 7.63. The minimum absolute atomic E-state index is 0.122. The number of anilines is 2. The fourth-order valence-corrected chi connectivity index (χ4v) is 3.61. The summed E-state index contributed by atoms with van der Waals surface area (Å²) in [6, 6.07) is 15.8. The number of benzene rings is 2. The molecule has 1 aliphatic carbocycles. The highest BCUT2D eigenvalue weighted by molar-refractivity contribution is 8.00. The quantitative estimate of drug-likeness (QED) is 0.459. The first-order chi connectivity index (χ1) is 13.6. The van der Waals surface area contributed by atoms with Crippen molar-refractivity contribution in [2.24, 2.45) is 0 Å². The molecule has 1 aliphatic rings. The van der Waals surface area contributed by atoms with E-state index in [2.05, 4.69) is 20.6 Å². The Morgan fingerprint density at radius 3 is 2.68 bits per heavy atom. The van der Waals surface area contributed by atoms with Gasteiger partial charge in [0.25, 0.3) is 0 Å². The molecule has 1 heterocycles. The zero-order valence-electron chi connectivity index (χ0n) is 15.8. The Hall–Kier alpha value is -2.80. The van der Waals surface area contributed by atoms with Gasteiger partial charge in [0.15, 0.2) is 5.16 Å². The van der Waals surface area contributed by atoms with Crippen LogP contribution in [0, 0.1) is 0 Å². The number of carbonyl (C=O) groups is 1. The highest BCUT2D eigenvalue weighted by Crippen LogP contribution is 2.31. The fourth-order valence-electron chi connectivity index (χ4n) is 2.83. The van der Waals surface area contributed by atoms with Gasteiger partial charge in [-0.1, -0.05) is 36.0 Å². The Morgan fingerprint density at radius 2 is 1.89 bits per heavy atom. The zero-order valence-corrected chi connectivity index (χ0v) is 16.6. The number of nitrogens with zero attached hydrogens (tertiary/aromatic N) is 2. The van der Waals surface area contributed by atoms with Crippen molar-refractivity contribution < 1.29 is 9.53 Å². The number of hydrogen-bond acceptors (Lipinski definition) is 6. The summed E-state index contributed by atoms with van der Waals surface area (Å²) in [6.45, 7) is 1.85. The van der Waals surface area contributed by atoms with Crippen molar-refractivity contribution in [2.75, 3.05) is 17.7 Å². The molecule has 1 amide bonds. The molecule has 28 heavy (non-hydrogen) atoms. The highest BCUT2D eigenvalue weighted by Gasteiger charge is 2.24. The van der Waals surface area contributed by atoms with E-state index in [1.807, 2.05) is 55.5 Å². The van der Waals surface area contributed by atoms with Crippen LogP contribution in [-0.2, 0) is 4.79 Å². The largest absolute Gasteiger partial charge is 0.495 e. The number of amides is 1. The third-order valence-corrected chi connectivity index (χ3v) is 5.48. The van der Waals surface area contributed by atoms with Gasteiger partial charge in [-0.25, -0.2) is 9.97 Å². The van der Waals surface area contributed by atoms with Crippen LogP contribution in [0.3, 0.4) is 0 Å². The number of methoxy groups -OCH3 is 1. The van der Waals surface area contributed by atoms with Crippen LogP contribution in [-0.4, -0.2) is 34.3 Å². The number of ether oxygens (including phenoxy) is 1. The molecule has 0 radical (unpaired) electrons. The molecule has 0 bridgehead atoms. The maximum Gasteiger partial charge on any atom is 0.237 e. The summed E-state index contributed by atoms with van der Waals surface area (Å²) in [5.41, 5.74) is 1.53. The van der Waals surface area contributed by atoms with E-state index in [9.17, 15) is 4.79 Å². The van der Waals surface area contributed by atoms with Crippen LogP contribution in [0.5, 0.6) is 5.75 Å². The van der Waals surface area contributed by atoms with Gasteiger partial charge in [-0.15, -0.1) is 0 Å². The van der Waals surface area contributed by atoms with Gasteiger partial charge in [-0.3, -0.25) is 4.79 Å². The molecule has 3 aromatic rings. The van der Waals surface area contributed by atoms with Crippen LogP contribution in [0.4, 0.5) is 11.5 Å². The number of rotatable bonds is 7. The van der Waals surface area contributed by atoms with Gasteiger partial charge >= 0.3 is 0 Å². The minimum atomic E-state index is -0.361. The maximum absolute atomic E-state index is 12.7. The van der Waals surface area contributed by atoms with Crippen LogP contribution in [0.2, 0.25) is 0 Å². The van der Waals surface area contributed by atoms with E-state index in [1.54, 1.807) is 7.11 Å². The molecule has 144 valence electrons. The van der Waals surface area contributed by atoms with E-state index in [0.717, 1.165) is 16.7 Å². The molecular weight excluding hydrogens is 372 g/mol. The number of fused-ring (bicyclic) bond motifs is 1. The number of hydrogen-bond donors (Lipinski definition) is 2. The average molecular weight is 395 g/mol. The van der Waals surface area contributed by atoms with E-state index >= 15 is 0 Å². The van der Waals surface area contributed by atoms with Crippen LogP contribution in [0.15, 0.2) is 53.7 Å². The summed E-state index contributed by atoms with van der Waals surface area (Å²) in [7, 11) is 1.58. The third kappa shape index (κ3) is 4.20. The molecule has 0 aliphatic heterocycles. The van der Waals surface area contributed by atoms with Crippen LogP contribution in [0.1, 0.15) is 19.8 Å². The Labute approximate surface area is 168 Å². The number of para-hydroxylation sites is 3. The molecule has 4 rings (SSSR count). The van der Waals surface area contributed by atoms with Crippen molar-refractivity contribution in [3.05, 3.63) is 48.5 Å².